The van der Waals surface area contributed by atoms with Gasteiger partial charge in [0.2, 0.25) is 5.91 Å². The van der Waals surface area contributed by atoms with Gasteiger partial charge in [-0.3, -0.25) is 9.48 Å². The number of rotatable bonds is 7. The molecule has 11 heteroatoms. The lowest BCUT2D eigenvalue weighted by Crippen LogP contribution is -2.29. The highest BCUT2D eigenvalue weighted by molar-refractivity contribution is 6.04. The van der Waals surface area contributed by atoms with Gasteiger partial charge in [0.15, 0.2) is 0 Å². The van der Waals surface area contributed by atoms with Crippen molar-refractivity contribution in [1.82, 2.24) is 9.78 Å². The van der Waals surface area contributed by atoms with Gasteiger partial charge in [0, 0.05) is 29.1 Å². The summed E-state index contributed by atoms with van der Waals surface area (Å²) in [7, 11) is 1.26. The minimum atomic E-state index is -4.96. The van der Waals surface area contributed by atoms with Crippen molar-refractivity contribution in [3.8, 4) is 16.9 Å². The molecule has 1 heterocycles. The summed E-state index contributed by atoms with van der Waals surface area (Å²) in [6.07, 6.45) is 4.91. The van der Waals surface area contributed by atoms with Crippen molar-refractivity contribution < 1.29 is 36.6 Å². The van der Waals surface area contributed by atoms with Crippen molar-refractivity contribution in [2.75, 3.05) is 12.4 Å². The third-order valence-electron chi connectivity index (χ3n) is 7.42. The number of esters is 1. The molecule has 3 aromatic rings. The lowest BCUT2D eigenvalue weighted by Gasteiger charge is -2.21. The average molecular weight is 546 g/mol. The number of alkyl halides is 3. The predicted octanol–water partition coefficient (Wildman–Crippen LogP) is 6.55. The van der Waals surface area contributed by atoms with Crippen molar-refractivity contribution in [3.63, 3.8) is 0 Å². The van der Waals surface area contributed by atoms with E-state index in [4.69, 9.17) is 4.74 Å². The van der Waals surface area contributed by atoms with Crippen molar-refractivity contribution >= 4 is 17.6 Å². The molecule has 2 aliphatic carbocycles. The Labute approximate surface area is 222 Å². The molecule has 2 aliphatic rings. The third kappa shape index (κ3) is 5.62. The quantitative estimate of drug-likeness (QED) is 0.269. The molecule has 2 saturated carbocycles. The van der Waals surface area contributed by atoms with Crippen LogP contribution < -0.4 is 10.1 Å². The third-order valence-corrected chi connectivity index (χ3v) is 7.42. The van der Waals surface area contributed by atoms with E-state index >= 15 is 0 Å². The van der Waals surface area contributed by atoms with Crippen LogP contribution in [0.15, 0.2) is 48.8 Å². The largest absolute Gasteiger partial charge is 0.573 e. The molecule has 0 atom stereocenters. The molecule has 2 aromatic carbocycles. The Morgan fingerprint density at radius 3 is 2.46 bits per heavy atom. The molecular weight excluding hydrogens is 518 g/mol. The van der Waals surface area contributed by atoms with Gasteiger partial charge < -0.3 is 14.8 Å². The van der Waals surface area contributed by atoms with Crippen LogP contribution in [0.25, 0.3) is 11.1 Å². The number of anilines is 1. The molecule has 1 N–H and O–H groups in total. The standard InChI is InChI=1S/C28H27F4N3O4/c1-38-25(36)22-13-18(7-9-21(22)17-15-33-35(16-17)19-5-3-2-4-6-19)34-26(37)27(11-12-27)23-10-8-20(14-24(23)29)39-28(30,31)32/h7-10,13-16,19H,2-6,11-12H2,1H3,(H,34,37). The van der Waals surface area contributed by atoms with E-state index in [1.165, 1.54) is 19.6 Å². The minimum absolute atomic E-state index is 0.0190. The van der Waals surface area contributed by atoms with Crippen LogP contribution in [0.4, 0.5) is 23.2 Å². The molecule has 206 valence electrons. The van der Waals surface area contributed by atoms with Gasteiger partial charge in [-0.25, -0.2) is 9.18 Å². The number of hydrogen-bond donors (Lipinski definition) is 1. The van der Waals surface area contributed by atoms with Crippen molar-refractivity contribution in [1.29, 1.82) is 0 Å². The number of carbonyl (C=O) groups excluding carboxylic acids is 2. The maximum absolute atomic E-state index is 14.8. The second-order valence-corrected chi connectivity index (χ2v) is 9.98. The zero-order valence-corrected chi connectivity index (χ0v) is 21.2. The van der Waals surface area contributed by atoms with Gasteiger partial charge in [0.25, 0.3) is 0 Å². The fourth-order valence-electron chi connectivity index (χ4n) is 5.25. The topological polar surface area (TPSA) is 82.4 Å². The summed E-state index contributed by atoms with van der Waals surface area (Å²) in [5.74, 6) is -2.80. The molecule has 2 fully saturated rings. The first kappa shape index (κ1) is 26.7. The van der Waals surface area contributed by atoms with Gasteiger partial charge in [0.05, 0.1) is 30.3 Å². The first-order chi connectivity index (χ1) is 18.6. The predicted molar refractivity (Wildman–Crippen MR) is 134 cm³/mol. The van der Waals surface area contributed by atoms with Crippen LogP contribution in [-0.4, -0.2) is 35.1 Å². The summed E-state index contributed by atoms with van der Waals surface area (Å²) in [5.41, 5.74) is 0.603. The highest BCUT2D eigenvalue weighted by atomic mass is 19.4. The first-order valence-corrected chi connectivity index (χ1v) is 12.7. The summed E-state index contributed by atoms with van der Waals surface area (Å²) in [6.45, 7) is 0. The van der Waals surface area contributed by atoms with Crippen LogP contribution in [0.1, 0.15) is 66.9 Å². The van der Waals surface area contributed by atoms with Crippen LogP contribution in [0.2, 0.25) is 0 Å². The Morgan fingerprint density at radius 1 is 1.08 bits per heavy atom. The van der Waals surface area contributed by atoms with Gasteiger partial charge in [-0.2, -0.15) is 5.10 Å². The number of ether oxygens (including phenoxy) is 2. The van der Waals surface area contributed by atoms with E-state index in [0.29, 0.717) is 36.2 Å². The smallest absolute Gasteiger partial charge is 0.465 e. The van der Waals surface area contributed by atoms with Gasteiger partial charge in [-0.05, 0) is 49.4 Å². The van der Waals surface area contributed by atoms with Crippen molar-refractivity contribution in [3.05, 3.63) is 65.7 Å². The van der Waals surface area contributed by atoms with Gasteiger partial charge >= 0.3 is 12.3 Å². The van der Waals surface area contributed by atoms with Crippen molar-refractivity contribution in [2.24, 2.45) is 0 Å². The molecule has 39 heavy (non-hydrogen) atoms. The SMILES string of the molecule is COC(=O)c1cc(NC(=O)C2(c3ccc(OC(F)(F)F)cc3F)CC2)ccc1-c1cnn(C2CCCCC2)c1. The molecule has 1 aromatic heterocycles. The lowest BCUT2D eigenvalue weighted by molar-refractivity contribution is -0.274. The van der Waals surface area contributed by atoms with Gasteiger partial charge in [-0.1, -0.05) is 31.4 Å². The molecule has 0 bridgehead atoms. The van der Waals surface area contributed by atoms with E-state index < -0.39 is 35.2 Å². The number of nitrogens with zero attached hydrogens (tertiary/aromatic N) is 2. The molecule has 5 rings (SSSR count). The minimum Gasteiger partial charge on any atom is -0.465 e. The van der Waals surface area contributed by atoms with E-state index in [1.54, 1.807) is 18.3 Å². The summed E-state index contributed by atoms with van der Waals surface area (Å²) < 4.78 is 62.9. The number of aromatic nitrogens is 2. The average Bonchev–Trinajstić information content (AvgIpc) is 3.56. The fraction of sp³-hybridized carbons (Fsp3) is 0.393. The molecule has 0 saturated heterocycles. The summed E-state index contributed by atoms with van der Waals surface area (Å²) in [6, 6.07) is 7.86. The Kier molecular flexibility index (Phi) is 7.09. The molecule has 0 aliphatic heterocycles. The Bertz CT molecular complexity index is 1390. The summed E-state index contributed by atoms with van der Waals surface area (Å²) in [4.78, 5) is 25.9. The second-order valence-electron chi connectivity index (χ2n) is 9.98. The monoisotopic (exact) mass is 545 g/mol. The highest BCUT2D eigenvalue weighted by Crippen LogP contribution is 2.50. The summed E-state index contributed by atoms with van der Waals surface area (Å²) in [5, 5.41) is 7.24. The normalized spacial score (nSPS) is 16.9. The lowest BCUT2D eigenvalue weighted by atomic mass is 9.93. The Hall–Kier alpha value is -3.89. The second kappa shape index (κ2) is 10.3. The molecule has 0 radical (unpaired) electrons. The number of nitrogens with one attached hydrogen (secondary N) is 1. The molecule has 0 unspecified atom stereocenters. The van der Waals surface area contributed by atoms with Crippen LogP contribution in [0.5, 0.6) is 5.75 Å². The van der Waals surface area contributed by atoms with E-state index in [2.05, 4.69) is 15.2 Å². The van der Waals surface area contributed by atoms with Gasteiger partial charge in [0.1, 0.15) is 11.6 Å². The number of benzene rings is 2. The van der Waals surface area contributed by atoms with E-state index in [-0.39, 0.29) is 11.1 Å². The zero-order valence-electron chi connectivity index (χ0n) is 21.2. The molecule has 7 nitrogen and oxygen atoms in total. The van der Waals surface area contributed by atoms with E-state index in [0.717, 1.165) is 43.4 Å². The number of hydrogen-bond acceptors (Lipinski definition) is 5. The Balaban J connectivity index is 1.37. The number of amides is 1. The van der Waals surface area contributed by atoms with Crippen LogP contribution in [0, 0.1) is 5.82 Å². The van der Waals surface area contributed by atoms with E-state index in [1.807, 2.05) is 10.9 Å². The van der Waals surface area contributed by atoms with Crippen molar-refractivity contribution in [2.45, 2.75) is 62.8 Å². The Morgan fingerprint density at radius 2 is 1.82 bits per heavy atom. The summed E-state index contributed by atoms with van der Waals surface area (Å²) >= 11 is 0. The van der Waals surface area contributed by atoms with E-state index in [9.17, 15) is 27.2 Å². The number of carbonyl (C=O) groups is 2. The first-order valence-electron chi connectivity index (χ1n) is 12.7. The number of halogens is 4. The maximum Gasteiger partial charge on any atom is 0.573 e. The highest BCUT2D eigenvalue weighted by Gasteiger charge is 2.53. The van der Waals surface area contributed by atoms with Crippen LogP contribution >= 0.6 is 0 Å². The maximum atomic E-state index is 14.8. The zero-order chi connectivity index (χ0) is 27.8. The molecule has 1 amide bonds. The fourth-order valence-corrected chi connectivity index (χ4v) is 5.25. The van der Waals surface area contributed by atoms with Crippen LogP contribution in [0.3, 0.4) is 0 Å². The molecular formula is C28H27F4N3O4. The number of methoxy groups -OCH3 is 1. The van der Waals surface area contributed by atoms with Crippen LogP contribution in [-0.2, 0) is 14.9 Å². The molecule has 0 spiro atoms. The van der Waals surface area contributed by atoms with Gasteiger partial charge in [-0.15, -0.1) is 13.2 Å².